The van der Waals surface area contributed by atoms with Crippen LogP contribution >= 0.6 is 0 Å². The molecule has 52 heavy (non-hydrogen) atoms. The third kappa shape index (κ3) is 5.28. The molecule has 0 unspecified atom stereocenters. The molecule has 0 amide bonds. The van der Waals surface area contributed by atoms with Crippen molar-refractivity contribution in [2.24, 2.45) is 0 Å². The number of nitrogens with zero attached hydrogens (tertiary/aromatic N) is 6. The summed E-state index contributed by atoms with van der Waals surface area (Å²) >= 11 is 0. The molecule has 0 radical (unpaired) electrons. The molecule has 0 aliphatic heterocycles. The Kier molecular flexibility index (Phi) is 6.99. The summed E-state index contributed by atoms with van der Waals surface area (Å²) < 4.78 is 6.09. The minimum atomic E-state index is 0.641. The highest BCUT2D eigenvalue weighted by atomic mass is 16.3. The molecule has 0 spiro atoms. The molecule has 4 heterocycles. The number of fused-ring (bicyclic) bond motifs is 5. The molecule has 7 nitrogen and oxygen atoms in total. The predicted octanol–water partition coefficient (Wildman–Crippen LogP) is 11.3. The molecule has 10 rings (SSSR count). The zero-order chi connectivity index (χ0) is 34.4. The van der Waals surface area contributed by atoms with Crippen LogP contribution in [0.3, 0.4) is 0 Å². The monoisotopic (exact) mass is 668 g/mol. The van der Waals surface area contributed by atoms with Gasteiger partial charge in [-0.1, -0.05) is 78.9 Å². The van der Waals surface area contributed by atoms with Crippen LogP contribution in [-0.4, -0.2) is 24.9 Å². The van der Waals surface area contributed by atoms with E-state index in [1.807, 2.05) is 30.6 Å². The van der Waals surface area contributed by atoms with Gasteiger partial charge in [0, 0.05) is 56.6 Å². The molecule has 0 bridgehead atoms. The maximum absolute atomic E-state index is 6.09. The van der Waals surface area contributed by atoms with Crippen LogP contribution in [-0.2, 0) is 0 Å². The Morgan fingerprint density at radius 2 is 0.962 bits per heavy atom. The molecule has 10 aromatic rings. The fourth-order valence-corrected chi connectivity index (χ4v) is 6.91. The van der Waals surface area contributed by atoms with Gasteiger partial charge in [0.1, 0.15) is 18.2 Å². The summed E-state index contributed by atoms with van der Waals surface area (Å²) in [5, 5.41) is 4.13. The topological polar surface area (TPSA) is 80.8 Å². The lowest BCUT2D eigenvalue weighted by atomic mass is 10.0. The minimum absolute atomic E-state index is 0.641. The van der Waals surface area contributed by atoms with Crippen LogP contribution in [0.5, 0.6) is 0 Å². The number of pyridine rings is 1. The van der Waals surface area contributed by atoms with Crippen LogP contribution in [0, 0.1) is 0 Å². The van der Waals surface area contributed by atoms with E-state index in [1.54, 1.807) is 12.7 Å². The van der Waals surface area contributed by atoms with Crippen molar-refractivity contribution in [3.05, 3.63) is 171 Å². The van der Waals surface area contributed by atoms with E-state index in [0.29, 0.717) is 5.71 Å². The van der Waals surface area contributed by atoms with Crippen LogP contribution in [0.1, 0.15) is 0 Å². The Hall–Kier alpha value is -7.25. The van der Waals surface area contributed by atoms with E-state index in [-0.39, 0.29) is 0 Å². The van der Waals surface area contributed by atoms with Gasteiger partial charge in [0.05, 0.1) is 16.7 Å². The van der Waals surface area contributed by atoms with Gasteiger partial charge in [-0.15, -0.1) is 0 Å². The van der Waals surface area contributed by atoms with Gasteiger partial charge in [-0.25, -0.2) is 24.9 Å². The van der Waals surface area contributed by atoms with Crippen molar-refractivity contribution >= 4 is 60.9 Å². The first-order valence-corrected chi connectivity index (χ1v) is 17.0. The maximum atomic E-state index is 6.09. The van der Waals surface area contributed by atoms with Crippen LogP contribution in [0.15, 0.2) is 175 Å². The number of furan rings is 1. The molecular weight excluding hydrogens is 641 g/mol. The molecule has 6 aromatic carbocycles. The molecular formula is C45H28N6O. The molecule has 244 valence electrons. The van der Waals surface area contributed by atoms with Crippen molar-refractivity contribution in [2.75, 3.05) is 4.90 Å². The smallest absolute Gasteiger partial charge is 0.227 e. The number of hydrogen-bond donors (Lipinski definition) is 0. The number of para-hydroxylation sites is 1. The fraction of sp³-hybridized carbons (Fsp3) is 0. The van der Waals surface area contributed by atoms with Gasteiger partial charge in [0.2, 0.25) is 5.71 Å². The number of anilines is 3. The third-order valence-electron chi connectivity index (χ3n) is 9.60. The molecule has 0 N–H and O–H groups in total. The second-order valence-corrected chi connectivity index (χ2v) is 12.7. The van der Waals surface area contributed by atoms with Crippen molar-refractivity contribution in [1.29, 1.82) is 0 Å². The average Bonchev–Trinajstić information content (AvgIpc) is 3.59. The molecule has 0 atom stereocenters. The van der Waals surface area contributed by atoms with Crippen LogP contribution in [0.4, 0.5) is 17.1 Å². The number of benzene rings is 6. The highest BCUT2D eigenvalue weighted by molar-refractivity contribution is 6.04. The molecule has 7 heteroatoms. The van der Waals surface area contributed by atoms with E-state index in [1.165, 1.54) is 0 Å². The van der Waals surface area contributed by atoms with E-state index in [0.717, 1.165) is 88.7 Å². The lowest BCUT2D eigenvalue weighted by molar-refractivity contribution is 0.654. The molecule has 0 saturated carbocycles. The Bertz CT molecular complexity index is 2780. The first-order valence-electron chi connectivity index (χ1n) is 17.0. The molecule has 0 aliphatic carbocycles. The quantitative estimate of drug-likeness (QED) is 0.174. The number of rotatable bonds is 6. The van der Waals surface area contributed by atoms with Crippen molar-refractivity contribution < 1.29 is 4.42 Å². The van der Waals surface area contributed by atoms with E-state index in [2.05, 4.69) is 152 Å². The molecule has 0 fully saturated rings. The summed E-state index contributed by atoms with van der Waals surface area (Å²) in [6.07, 6.45) is 6.85. The van der Waals surface area contributed by atoms with E-state index >= 15 is 0 Å². The normalized spacial score (nSPS) is 11.5. The Morgan fingerprint density at radius 1 is 0.442 bits per heavy atom. The van der Waals surface area contributed by atoms with Crippen molar-refractivity contribution in [3.63, 3.8) is 0 Å². The summed E-state index contributed by atoms with van der Waals surface area (Å²) in [6.45, 7) is 0. The SMILES string of the molecule is c1ccc2c(c1)oc1nc(-c3ccc(N(c4ccc(-c5ccc6cncnc6c5)cc4)c4ccc(-c5ccc6cncnc6c5)cc4)cc3)ccc12. The highest BCUT2D eigenvalue weighted by Crippen LogP contribution is 2.38. The lowest BCUT2D eigenvalue weighted by Crippen LogP contribution is -2.09. The average molecular weight is 669 g/mol. The maximum Gasteiger partial charge on any atom is 0.227 e. The van der Waals surface area contributed by atoms with Gasteiger partial charge in [0.15, 0.2) is 0 Å². The zero-order valence-electron chi connectivity index (χ0n) is 27.8. The van der Waals surface area contributed by atoms with Gasteiger partial charge in [-0.2, -0.15) is 0 Å². The van der Waals surface area contributed by atoms with Crippen molar-refractivity contribution in [2.45, 2.75) is 0 Å². The van der Waals surface area contributed by atoms with Crippen LogP contribution < -0.4 is 4.90 Å². The highest BCUT2D eigenvalue weighted by Gasteiger charge is 2.15. The largest absolute Gasteiger partial charge is 0.438 e. The second-order valence-electron chi connectivity index (χ2n) is 12.7. The van der Waals surface area contributed by atoms with Gasteiger partial charge in [-0.05, 0) is 89.0 Å². The van der Waals surface area contributed by atoms with Crippen LogP contribution in [0.25, 0.3) is 77.4 Å². The van der Waals surface area contributed by atoms with Crippen molar-refractivity contribution in [3.8, 4) is 33.5 Å². The van der Waals surface area contributed by atoms with E-state index in [9.17, 15) is 0 Å². The molecule has 0 saturated heterocycles. The summed E-state index contributed by atoms with van der Waals surface area (Å²) in [6, 6.07) is 50.7. The first-order chi connectivity index (χ1) is 25.7. The standard InChI is InChI=1S/C45H28N6O/c1-2-4-44-39(3-1)40-21-22-41(50-45(40)52-44)31-13-19-38(20-14-31)51(36-15-9-29(10-16-36)32-5-7-34-25-46-27-48-42(34)23-32)37-17-11-30(12-18-37)33-6-8-35-26-47-28-49-43(35)24-33/h1-28H. The van der Waals surface area contributed by atoms with Crippen molar-refractivity contribution in [1.82, 2.24) is 24.9 Å². The van der Waals surface area contributed by atoms with Gasteiger partial charge >= 0.3 is 0 Å². The summed E-state index contributed by atoms with van der Waals surface area (Å²) in [7, 11) is 0. The second kappa shape index (κ2) is 12.3. The minimum Gasteiger partial charge on any atom is -0.438 e. The predicted molar refractivity (Wildman–Crippen MR) is 209 cm³/mol. The van der Waals surface area contributed by atoms with E-state index in [4.69, 9.17) is 9.40 Å². The third-order valence-corrected chi connectivity index (χ3v) is 9.60. The lowest BCUT2D eigenvalue weighted by Gasteiger charge is -2.26. The molecule has 0 aliphatic rings. The van der Waals surface area contributed by atoms with Crippen LogP contribution in [0.2, 0.25) is 0 Å². The van der Waals surface area contributed by atoms with E-state index < -0.39 is 0 Å². The Balaban J connectivity index is 1.02. The summed E-state index contributed by atoms with van der Waals surface area (Å²) in [5.41, 5.74) is 12.7. The molecule has 4 aromatic heterocycles. The first kappa shape index (κ1) is 29.6. The zero-order valence-corrected chi connectivity index (χ0v) is 27.8. The Morgan fingerprint density at radius 3 is 1.54 bits per heavy atom. The number of hydrogen-bond acceptors (Lipinski definition) is 7. The fourth-order valence-electron chi connectivity index (χ4n) is 6.91. The summed E-state index contributed by atoms with van der Waals surface area (Å²) in [4.78, 5) is 24.4. The number of aromatic nitrogens is 5. The van der Waals surface area contributed by atoms with Gasteiger partial charge < -0.3 is 9.32 Å². The summed E-state index contributed by atoms with van der Waals surface area (Å²) in [5.74, 6) is 0. The van der Waals surface area contributed by atoms with Gasteiger partial charge in [-0.3, -0.25) is 0 Å². The Labute approximate surface area is 298 Å². The van der Waals surface area contributed by atoms with Gasteiger partial charge in [0.25, 0.3) is 0 Å².